The highest BCUT2D eigenvalue weighted by atomic mass is 127. The first-order chi connectivity index (χ1) is 2.81. The van der Waals surface area contributed by atoms with E-state index in [1.807, 2.05) is 6.08 Å². The Bertz CT molecular complexity index is 41.2. The molecule has 0 aliphatic heterocycles. The van der Waals surface area contributed by atoms with Crippen molar-refractivity contribution in [3.05, 3.63) is 12.7 Å². The topological polar surface area (TPSA) is 0 Å². The van der Waals surface area contributed by atoms with Crippen molar-refractivity contribution in [3.8, 4) is 0 Å². The minimum atomic E-state index is 0.669. The third kappa shape index (κ3) is 2.69. The van der Waals surface area contributed by atoms with Gasteiger partial charge in [0.25, 0.3) is 0 Å². The maximum Gasteiger partial charge on any atom is 0.0284 e. The fourth-order valence-corrected chi connectivity index (χ4v) is 0.167. The average Bonchev–Trinajstić information content (AvgIpc) is 1.65. The van der Waals surface area contributed by atoms with Gasteiger partial charge in [-0.15, -0.1) is 6.58 Å². The highest BCUT2D eigenvalue weighted by Gasteiger charge is 1.86. The van der Waals surface area contributed by atoms with E-state index >= 15 is 0 Å². The molecular formula is C5H9I. The van der Waals surface area contributed by atoms with E-state index in [1.54, 1.807) is 0 Å². The molecule has 6 heavy (non-hydrogen) atoms. The fraction of sp³-hybridized carbons (Fsp3) is 0.600. The molecule has 0 amide bonds. The van der Waals surface area contributed by atoms with Crippen molar-refractivity contribution in [1.82, 2.24) is 0 Å². The third-order valence-corrected chi connectivity index (χ3v) is 2.04. The number of alkyl halides is 1. The monoisotopic (exact) mass is 196 g/mol. The van der Waals surface area contributed by atoms with Crippen LogP contribution in [0.25, 0.3) is 0 Å². The minimum absolute atomic E-state index is 0.669. The van der Waals surface area contributed by atoms with Gasteiger partial charge in [0.1, 0.15) is 0 Å². The van der Waals surface area contributed by atoms with Gasteiger partial charge >= 0.3 is 0 Å². The summed E-state index contributed by atoms with van der Waals surface area (Å²) in [5.41, 5.74) is 0. The van der Waals surface area contributed by atoms with Crippen molar-refractivity contribution in [2.75, 3.05) is 0 Å². The zero-order valence-corrected chi connectivity index (χ0v) is 6.10. The van der Waals surface area contributed by atoms with Crippen LogP contribution in [0.1, 0.15) is 13.3 Å². The molecule has 0 unspecified atom stereocenters. The summed E-state index contributed by atoms with van der Waals surface area (Å²) in [6, 6.07) is 0. The quantitative estimate of drug-likeness (QED) is 0.361. The second-order valence-corrected chi connectivity index (χ2v) is 2.76. The molecule has 0 aromatic carbocycles. The van der Waals surface area contributed by atoms with Gasteiger partial charge in [-0.3, -0.25) is 0 Å². The lowest BCUT2D eigenvalue weighted by molar-refractivity contribution is 1.01. The molecule has 0 spiro atoms. The Morgan fingerprint density at radius 3 is 2.50 bits per heavy atom. The van der Waals surface area contributed by atoms with Gasteiger partial charge < -0.3 is 0 Å². The van der Waals surface area contributed by atoms with Gasteiger partial charge in [-0.1, -0.05) is 35.6 Å². The van der Waals surface area contributed by atoms with Crippen molar-refractivity contribution < 1.29 is 0 Å². The Hall–Kier alpha value is 0.470. The zero-order valence-electron chi connectivity index (χ0n) is 3.95. The Labute approximate surface area is 52.8 Å². The Morgan fingerprint density at radius 1 is 2.00 bits per heavy atom. The molecule has 0 N–H and O–H groups in total. The van der Waals surface area contributed by atoms with Crippen LogP contribution < -0.4 is 0 Å². The molecule has 0 aliphatic rings. The van der Waals surface area contributed by atoms with E-state index in [0.29, 0.717) is 3.92 Å². The summed E-state index contributed by atoms with van der Waals surface area (Å²) in [5, 5.41) is 0. The van der Waals surface area contributed by atoms with E-state index in [9.17, 15) is 0 Å². The van der Waals surface area contributed by atoms with Crippen LogP contribution in [-0.2, 0) is 0 Å². The predicted octanol–water partition coefficient (Wildman–Crippen LogP) is 2.39. The van der Waals surface area contributed by atoms with Gasteiger partial charge in [-0.2, -0.15) is 0 Å². The van der Waals surface area contributed by atoms with Crippen LogP contribution in [0.5, 0.6) is 0 Å². The summed E-state index contributed by atoms with van der Waals surface area (Å²) >= 11 is 2.35. The lowest BCUT2D eigenvalue weighted by atomic mass is 10.3. The SMILES string of the molecule is C=C[C@@H](I)CC. The molecule has 0 bridgehead atoms. The molecular weight excluding hydrogens is 187 g/mol. The highest BCUT2D eigenvalue weighted by molar-refractivity contribution is 14.1. The maximum absolute atomic E-state index is 3.62. The lowest BCUT2D eigenvalue weighted by Gasteiger charge is -1.91. The first-order valence-electron chi connectivity index (χ1n) is 2.08. The van der Waals surface area contributed by atoms with Crippen LogP contribution in [0.4, 0.5) is 0 Å². The van der Waals surface area contributed by atoms with E-state index in [0.717, 1.165) is 0 Å². The number of halogens is 1. The van der Waals surface area contributed by atoms with Crippen molar-refractivity contribution in [2.24, 2.45) is 0 Å². The molecule has 36 valence electrons. The molecule has 0 aromatic heterocycles. The zero-order chi connectivity index (χ0) is 4.99. The lowest BCUT2D eigenvalue weighted by Crippen LogP contribution is -1.83. The van der Waals surface area contributed by atoms with Gasteiger partial charge in [0.2, 0.25) is 0 Å². The largest absolute Gasteiger partial charge is 0.102 e. The van der Waals surface area contributed by atoms with Crippen molar-refractivity contribution in [2.45, 2.75) is 17.3 Å². The Morgan fingerprint density at radius 2 is 2.50 bits per heavy atom. The summed E-state index contributed by atoms with van der Waals surface area (Å²) < 4.78 is 0.669. The molecule has 0 radical (unpaired) electrons. The molecule has 0 saturated heterocycles. The van der Waals surface area contributed by atoms with Crippen LogP contribution in [0.2, 0.25) is 0 Å². The highest BCUT2D eigenvalue weighted by Crippen LogP contribution is 2.03. The average molecular weight is 196 g/mol. The molecule has 0 heterocycles. The maximum atomic E-state index is 3.62. The number of rotatable bonds is 2. The first kappa shape index (κ1) is 6.47. The molecule has 1 atom stereocenters. The smallest absolute Gasteiger partial charge is 0.0284 e. The molecule has 0 aliphatic carbocycles. The summed E-state index contributed by atoms with van der Waals surface area (Å²) in [6.45, 7) is 5.78. The molecule has 0 nitrogen and oxygen atoms in total. The van der Waals surface area contributed by atoms with Gasteiger partial charge in [0, 0.05) is 3.92 Å². The molecule has 0 fully saturated rings. The second-order valence-electron chi connectivity index (χ2n) is 1.16. The van der Waals surface area contributed by atoms with Crippen LogP contribution >= 0.6 is 22.6 Å². The van der Waals surface area contributed by atoms with Gasteiger partial charge in [-0.05, 0) is 6.42 Å². The minimum Gasteiger partial charge on any atom is -0.102 e. The molecule has 1 heteroatoms. The van der Waals surface area contributed by atoms with E-state index < -0.39 is 0 Å². The fourth-order valence-electron chi connectivity index (χ4n) is 0.167. The molecule has 0 saturated carbocycles. The van der Waals surface area contributed by atoms with Gasteiger partial charge in [-0.25, -0.2) is 0 Å². The second kappa shape index (κ2) is 3.65. The van der Waals surface area contributed by atoms with Crippen molar-refractivity contribution in [3.63, 3.8) is 0 Å². The van der Waals surface area contributed by atoms with E-state index in [1.165, 1.54) is 6.42 Å². The van der Waals surface area contributed by atoms with Crippen molar-refractivity contribution >= 4 is 22.6 Å². The molecule has 0 rings (SSSR count). The van der Waals surface area contributed by atoms with Crippen LogP contribution in [0.3, 0.4) is 0 Å². The van der Waals surface area contributed by atoms with Gasteiger partial charge in [0.05, 0.1) is 0 Å². The standard InChI is InChI=1S/C5H9I/c1-3-5(6)4-2/h3,5H,1,4H2,2H3/t5-/m1/s1. The van der Waals surface area contributed by atoms with Gasteiger partial charge in [0.15, 0.2) is 0 Å². The summed E-state index contributed by atoms with van der Waals surface area (Å²) in [4.78, 5) is 0. The molecule has 0 aromatic rings. The first-order valence-corrected chi connectivity index (χ1v) is 3.32. The van der Waals surface area contributed by atoms with Crippen LogP contribution in [0, 0.1) is 0 Å². The normalized spacial score (nSPS) is 13.7. The van der Waals surface area contributed by atoms with Crippen LogP contribution in [0.15, 0.2) is 12.7 Å². The number of hydrogen-bond acceptors (Lipinski definition) is 0. The Kier molecular flexibility index (Phi) is 3.94. The van der Waals surface area contributed by atoms with E-state index in [-0.39, 0.29) is 0 Å². The van der Waals surface area contributed by atoms with E-state index in [4.69, 9.17) is 0 Å². The van der Waals surface area contributed by atoms with Crippen molar-refractivity contribution in [1.29, 1.82) is 0 Å². The predicted molar refractivity (Wildman–Crippen MR) is 38.3 cm³/mol. The van der Waals surface area contributed by atoms with Crippen LogP contribution in [-0.4, -0.2) is 3.92 Å². The van der Waals surface area contributed by atoms with E-state index in [2.05, 4.69) is 36.1 Å². The number of allylic oxidation sites excluding steroid dienone is 1. The Balaban J connectivity index is 2.96. The number of hydrogen-bond donors (Lipinski definition) is 0. The third-order valence-electron chi connectivity index (χ3n) is 0.646. The summed E-state index contributed by atoms with van der Waals surface area (Å²) in [6.07, 6.45) is 3.16. The summed E-state index contributed by atoms with van der Waals surface area (Å²) in [5.74, 6) is 0. The summed E-state index contributed by atoms with van der Waals surface area (Å²) in [7, 11) is 0.